The third-order valence-electron chi connectivity index (χ3n) is 2.94. The molecule has 4 nitrogen and oxygen atoms in total. The van der Waals surface area contributed by atoms with Crippen molar-refractivity contribution in [2.45, 2.75) is 45.5 Å². The Morgan fingerprint density at radius 1 is 0.955 bits per heavy atom. The number of alkyl halides is 6. The fourth-order valence-electron chi connectivity index (χ4n) is 0.972. The van der Waals surface area contributed by atoms with Crippen molar-refractivity contribution >= 4 is 11.9 Å². The molecular weight excluding hydrogens is 322 g/mol. The lowest BCUT2D eigenvalue weighted by Crippen LogP contribution is -2.52. The fraction of sp³-hybridized carbons (Fsp3) is 0.833. The molecule has 0 saturated heterocycles. The predicted octanol–water partition coefficient (Wildman–Crippen LogP) is 3.04. The maximum absolute atomic E-state index is 12.9. The van der Waals surface area contributed by atoms with Gasteiger partial charge in [0.25, 0.3) is 0 Å². The van der Waals surface area contributed by atoms with Crippen LogP contribution < -0.4 is 0 Å². The van der Waals surface area contributed by atoms with Gasteiger partial charge in [0.15, 0.2) is 0 Å². The van der Waals surface area contributed by atoms with E-state index in [0.717, 1.165) is 0 Å². The molecule has 0 heterocycles. The summed E-state index contributed by atoms with van der Waals surface area (Å²) < 4.78 is 82.8. The molecule has 0 N–H and O–H groups in total. The van der Waals surface area contributed by atoms with Crippen molar-refractivity contribution in [3.63, 3.8) is 0 Å². The Kier molecular flexibility index (Phi) is 6.70. The number of rotatable bonds is 8. The minimum Gasteiger partial charge on any atom is -0.462 e. The molecule has 0 aliphatic rings. The fourth-order valence-corrected chi connectivity index (χ4v) is 0.972. The van der Waals surface area contributed by atoms with Crippen LogP contribution in [0.3, 0.4) is 0 Å². The lowest BCUT2D eigenvalue weighted by Gasteiger charge is -2.24. The van der Waals surface area contributed by atoms with Crippen LogP contribution in [0.1, 0.15) is 27.2 Å². The summed E-state index contributed by atoms with van der Waals surface area (Å²) in [7, 11) is 0. The summed E-state index contributed by atoms with van der Waals surface area (Å²) in [5.74, 6) is -15.1. The number of hydrogen-bond acceptors (Lipinski definition) is 4. The van der Waals surface area contributed by atoms with Gasteiger partial charge in [0.05, 0.1) is 5.41 Å². The van der Waals surface area contributed by atoms with Crippen LogP contribution in [0.2, 0.25) is 0 Å². The van der Waals surface area contributed by atoms with Gasteiger partial charge in [-0.15, -0.1) is 0 Å². The van der Waals surface area contributed by atoms with Gasteiger partial charge in [0, 0.05) is 0 Å². The summed E-state index contributed by atoms with van der Waals surface area (Å²) in [4.78, 5) is 22.2. The third kappa shape index (κ3) is 4.51. The first-order valence-electron chi connectivity index (χ1n) is 6.19. The van der Waals surface area contributed by atoms with Gasteiger partial charge in [-0.25, -0.2) is 13.6 Å². The normalized spacial score (nSPS) is 13.2. The molecule has 0 rings (SSSR count). The standard InChI is InChI=1S/C12H16F6O4/c1-4-10(2,3)8(19)21-5-6-22-9(20)12(17,18)11(15,16)7(13)14/h7H,4-6H2,1-3H3. The van der Waals surface area contributed by atoms with Crippen molar-refractivity contribution in [1.82, 2.24) is 0 Å². The quantitative estimate of drug-likeness (QED) is 0.388. The molecule has 0 radical (unpaired) electrons. The van der Waals surface area contributed by atoms with Crippen LogP contribution in [-0.2, 0) is 19.1 Å². The number of hydrogen-bond donors (Lipinski definition) is 0. The molecular formula is C12H16F6O4. The van der Waals surface area contributed by atoms with Gasteiger partial charge in [0.2, 0.25) is 0 Å². The van der Waals surface area contributed by atoms with Crippen LogP contribution in [0.15, 0.2) is 0 Å². The topological polar surface area (TPSA) is 52.6 Å². The highest BCUT2D eigenvalue weighted by Gasteiger charge is 2.68. The molecule has 0 aromatic rings. The summed E-state index contributed by atoms with van der Waals surface area (Å²) in [6.45, 7) is 3.15. The summed E-state index contributed by atoms with van der Waals surface area (Å²) >= 11 is 0. The molecule has 0 aromatic carbocycles. The lowest BCUT2D eigenvalue weighted by molar-refractivity contribution is -0.266. The van der Waals surface area contributed by atoms with E-state index in [4.69, 9.17) is 0 Å². The van der Waals surface area contributed by atoms with E-state index in [-0.39, 0.29) is 0 Å². The average molecular weight is 338 g/mol. The van der Waals surface area contributed by atoms with E-state index in [1.807, 2.05) is 0 Å². The Morgan fingerprint density at radius 3 is 1.73 bits per heavy atom. The van der Waals surface area contributed by atoms with E-state index >= 15 is 0 Å². The summed E-state index contributed by atoms with van der Waals surface area (Å²) in [6, 6.07) is 0. The first-order chi connectivity index (χ1) is 9.80. The zero-order chi connectivity index (χ0) is 17.8. The SMILES string of the molecule is CCC(C)(C)C(=O)OCCOC(=O)C(F)(F)C(F)(F)C(F)F. The largest absolute Gasteiger partial charge is 0.462 e. The monoisotopic (exact) mass is 338 g/mol. The maximum atomic E-state index is 12.9. The van der Waals surface area contributed by atoms with Crippen LogP contribution >= 0.6 is 0 Å². The smallest absolute Gasteiger partial charge is 0.410 e. The molecule has 0 aliphatic heterocycles. The van der Waals surface area contributed by atoms with E-state index < -0.39 is 48.8 Å². The Balaban J connectivity index is 4.45. The Labute approximate surface area is 122 Å². The number of ether oxygens (including phenoxy) is 2. The first-order valence-corrected chi connectivity index (χ1v) is 6.19. The van der Waals surface area contributed by atoms with Crippen molar-refractivity contribution in [2.24, 2.45) is 5.41 Å². The van der Waals surface area contributed by atoms with Crippen molar-refractivity contribution in [3.8, 4) is 0 Å². The molecule has 0 fully saturated rings. The van der Waals surface area contributed by atoms with Crippen molar-refractivity contribution in [3.05, 3.63) is 0 Å². The van der Waals surface area contributed by atoms with E-state index in [9.17, 15) is 35.9 Å². The van der Waals surface area contributed by atoms with Gasteiger partial charge in [-0.2, -0.15) is 17.6 Å². The van der Waals surface area contributed by atoms with Crippen LogP contribution in [0.4, 0.5) is 26.3 Å². The van der Waals surface area contributed by atoms with Crippen LogP contribution in [0, 0.1) is 5.41 Å². The van der Waals surface area contributed by atoms with Gasteiger partial charge in [-0.05, 0) is 20.3 Å². The van der Waals surface area contributed by atoms with Gasteiger partial charge in [0.1, 0.15) is 13.2 Å². The number of carbonyl (C=O) groups is 2. The van der Waals surface area contributed by atoms with Crippen LogP contribution in [0.5, 0.6) is 0 Å². The molecule has 130 valence electrons. The molecule has 0 saturated carbocycles. The first kappa shape index (κ1) is 20.5. The number of halogens is 6. The van der Waals surface area contributed by atoms with E-state index in [1.54, 1.807) is 20.8 Å². The highest BCUT2D eigenvalue weighted by Crippen LogP contribution is 2.39. The third-order valence-corrected chi connectivity index (χ3v) is 2.94. The Bertz CT molecular complexity index is 408. The highest BCUT2D eigenvalue weighted by atomic mass is 19.3. The second kappa shape index (κ2) is 7.19. The van der Waals surface area contributed by atoms with Crippen LogP contribution in [-0.4, -0.2) is 43.4 Å². The maximum Gasteiger partial charge on any atom is 0.410 e. The molecule has 0 amide bonds. The van der Waals surface area contributed by atoms with Crippen molar-refractivity contribution in [2.75, 3.05) is 13.2 Å². The number of carbonyl (C=O) groups excluding carboxylic acids is 2. The van der Waals surface area contributed by atoms with Crippen LogP contribution in [0.25, 0.3) is 0 Å². The van der Waals surface area contributed by atoms with Crippen molar-refractivity contribution in [1.29, 1.82) is 0 Å². The Hall–Kier alpha value is -1.48. The molecule has 0 unspecified atom stereocenters. The minimum absolute atomic E-state index is 0.407. The lowest BCUT2D eigenvalue weighted by atomic mass is 9.91. The number of esters is 2. The molecule has 0 bridgehead atoms. The zero-order valence-electron chi connectivity index (χ0n) is 12.1. The predicted molar refractivity (Wildman–Crippen MR) is 61.9 cm³/mol. The van der Waals surface area contributed by atoms with Gasteiger partial charge >= 0.3 is 30.2 Å². The minimum atomic E-state index is -5.86. The second-order valence-electron chi connectivity index (χ2n) is 5.01. The van der Waals surface area contributed by atoms with E-state index in [1.165, 1.54) is 0 Å². The molecule has 22 heavy (non-hydrogen) atoms. The average Bonchev–Trinajstić information content (AvgIpc) is 2.42. The van der Waals surface area contributed by atoms with Gasteiger partial charge in [-0.1, -0.05) is 6.92 Å². The van der Waals surface area contributed by atoms with E-state index in [2.05, 4.69) is 9.47 Å². The van der Waals surface area contributed by atoms with Crippen molar-refractivity contribution < 1.29 is 45.4 Å². The summed E-state index contributed by atoms with van der Waals surface area (Å²) in [5, 5.41) is 0. The van der Waals surface area contributed by atoms with Gasteiger partial charge < -0.3 is 9.47 Å². The molecule has 0 aliphatic carbocycles. The highest BCUT2D eigenvalue weighted by molar-refractivity contribution is 5.79. The Morgan fingerprint density at radius 2 is 1.36 bits per heavy atom. The zero-order valence-corrected chi connectivity index (χ0v) is 12.1. The van der Waals surface area contributed by atoms with E-state index in [0.29, 0.717) is 6.42 Å². The summed E-state index contributed by atoms with van der Waals surface area (Å²) in [6.07, 6.45) is -4.33. The summed E-state index contributed by atoms with van der Waals surface area (Å²) in [5.41, 5.74) is -0.864. The second-order valence-corrected chi connectivity index (χ2v) is 5.01. The molecule has 0 atom stereocenters. The molecule has 10 heteroatoms. The molecule has 0 aromatic heterocycles. The van der Waals surface area contributed by atoms with Gasteiger partial charge in [-0.3, -0.25) is 4.79 Å². The molecule has 0 spiro atoms.